The second kappa shape index (κ2) is 11.5. The molecular weight excluding hydrogens is 494 g/mol. The van der Waals surface area contributed by atoms with Crippen LogP contribution in [0, 0.1) is 5.92 Å². The molecule has 208 valence electrons. The first-order valence-corrected chi connectivity index (χ1v) is 14.2. The number of aliphatic hydroxyl groups is 1. The van der Waals surface area contributed by atoms with Gasteiger partial charge in [0.2, 0.25) is 0 Å². The molecule has 3 unspecified atom stereocenters. The van der Waals surface area contributed by atoms with E-state index in [-0.39, 0.29) is 36.7 Å². The number of piperidine rings is 1. The van der Waals surface area contributed by atoms with Crippen molar-refractivity contribution in [2.24, 2.45) is 5.92 Å². The van der Waals surface area contributed by atoms with E-state index in [2.05, 4.69) is 25.3 Å². The van der Waals surface area contributed by atoms with E-state index in [0.717, 1.165) is 42.3 Å². The second-order valence-electron chi connectivity index (χ2n) is 11.4. The zero-order valence-corrected chi connectivity index (χ0v) is 23.0. The zero-order valence-electron chi connectivity index (χ0n) is 23.0. The van der Waals surface area contributed by atoms with Crippen LogP contribution in [0.2, 0.25) is 0 Å². The number of nitrogens with zero attached hydrogens (tertiary/aromatic N) is 1. The van der Waals surface area contributed by atoms with Gasteiger partial charge in [0.1, 0.15) is 30.5 Å². The maximum absolute atomic E-state index is 13.7. The molecule has 0 spiro atoms. The Balaban J connectivity index is 1.25. The standard InChI is InChI=1S/C32H40NO6/c1-3-37-30(34)22-38-28-15-9-10-23(18-28)21-33(2)26-16-17-27(33)20-29(19-26)39-31(35)32(36,25-13-7-8-14-25)24-11-5-4-6-12-24/h4-6,9-12,15-18,25-27,29,36H,3,7-8,13-14,19-22H2,1-2H3/q+1/t26-,27+,29?,32?,33?. The van der Waals surface area contributed by atoms with Gasteiger partial charge in [0.05, 0.1) is 13.7 Å². The van der Waals surface area contributed by atoms with Crippen LogP contribution in [0.4, 0.5) is 0 Å². The molecule has 2 heterocycles. The minimum absolute atomic E-state index is 0.112. The number of hydrogen-bond acceptors (Lipinski definition) is 6. The third-order valence-electron chi connectivity index (χ3n) is 8.91. The third-order valence-corrected chi connectivity index (χ3v) is 8.91. The van der Waals surface area contributed by atoms with Crippen LogP contribution in [0.1, 0.15) is 56.6 Å². The summed E-state index contributed by atoms with van der Waals surface area (Å²) in [5.41, 5.74) is 0.140. The lowest BCUT2D eigenvalue weighted by Gasteiger charge is -2.47. The molecule has 2 fully saturated rings. The summed E-state index contributed by atoms with van der Waals surface area (Å²) in [7, 11) is 2.25. The van der Waals surface area contributed by atoms with Crippen LogP contribution in [0.25, 0.3) is 0 Å². The van der Waals surface area contributed by atoms with E-state index in [0.29, 0.717) is 30.8 Å². The highest BCUT2D eigenvalue weighted by atomic mass is 16.6. The monoisotopic (exact) mass is 534 g/mol. The van der Waals surface area contributed by atoms with Crippen molar-refractivity contribution in [3.8, 4) is 5.75 Å². The smallest absolute Gasteiger partial charge is 0.344 e. The van der Waals surface area contributed by atoms with Gasteiger partial charge in [0.25, 0.3) is 0 Å². The minimum Gasteiger partial charge on any atom is -0.482 e. The lowest BCUT2D eigenvalue weighted by atomic mass is 9.80. The molecule has 3 aliphatic rings. The average Bonchev–Trinajstić information content (AvgIpc) is 3.51. The largest absolute Gasteiger partial charge is 0.482 e. The quantitative estimate of drug-likeness (QED) is 0.271. The third kappa shape index (κ3) is 5.61. The first-order valence-electron chi connectivity index (χ1n) is 14.2. The molecule has 0 aromatic heterocycles. The van der Waals surface area contributed by atoms with Gasteiger partial charge in [-0.05, 0) is 49.6 Å². The molecule has 1 aliphatic carbocycles. The molecule has 39 heavy (non-hydrogen) atoms. The average molecular weight is 535 g/mol. The number of hydrogen-bond donors (Lipinski definition) is 1. The molecule has 1 saturated heterocycles. The van der Waals surface area contributed by atoms with Crippen molar-refractivity contribution in [1.82, 2.24) is 0 Å². The number of quaternary nitrogens is 1. The maximum atomic E-state index is 13.7. The molecule has 0 radical (unpaired) electrons. The van der Waals surface area contributed by atoms with Crippen molar-refractivity contribution in [2.75, 3.05) is 20.3 Å². The molecule has 1 saturated carbocycles. The first kappa shape index (κ1) is 27.4. The number of esters is 2. The van der Waals surface area contributed by atoms with Gasteiger partial charge >= 0.3 is 11.9 Å². The molecule has 5 atom stereocenters. The predicted molar refractivity (Wildman–Crippen MR) is 147 cm³/mol. The summed E-state index contributed by atoms with van der Waals surface area (Å²) in [5, 5.41) is 11.8. The Labute approximate surface area is 231 Å². The van der Waals surface area contributed by atoms with Gasteiger partial charge in [-0.1, -0.05) is 55.3 Å². The number of rotatable bonds is 10. The fraction of sp³-hybridized carbons (Fsp3) is 0.500. The lowest BCUT2D eigenvalue weighted by molar-refractivity contribution is -0.957. The normalized spacial score (nSPS) is 27.6. The van der Waals surface area contributed by atoms with Crippen LogP contribution in [-0.4, -0.2) is 60.0 Å². The van der Waals surface area contributed by atoms with E-state index < -0.39 is 11.6 Å². The number of carbonyl (C=O) groups excluding carboxylic acids is 2. The Morgan fingerprint density at radius 3 is 2.36 bits per heavy atom. The van der Waals surface area contributed by atoms with Crippen LogP contribution in [-0.2, 0) is 31.2 Å². The molecule has 2 aromatic rings. The second-order valence-corrected chi connectivity index (χ2v) is 11.4. The maximum Gasteiger partial charge on any atom is 0.344 e. The predicted octanol–water partition coefficient (Wildman–Crippen LogP) is 4.67. The lowest BCUT2D eigenvalue weighted by Crippen LogP contribution is -2.59. The van der Waals surface area contributed by atoms with E-state index in [1.807, 2.05) is 48.5 Å². The first-order chi connectivity index (χ1) is 18.8. The van der Waals surface area contributed by atoms with Crippen LogP contribution < -0.4 is 4.74 Å². The van der Waals surface area contributed by atoms with Gasteiger partial charge in [-0.15, -0.1) is 0 Å². The fourth-order valence-corrected chi connectivity index (χ4v) is 6.77. The molecule has 7 nitrogen and oxygen atoms in total. The van der Waals surface area contributed by atoms with Gasteiger partial charge < -0.3 is 23.8 Å². The van der Waals surface area contributed by atoms with E-state index in [1.165, 1.54) is 0 Å². The Bertz CT molecular complexity index is 1170. The topological polar surface area (TPSA) is 82.1 Å². The zero-order chi connectivity index (χ0) is 27.5. The van der Waals surface area contributed by atoms with Gasteiger partial charge in [-0.2, -0.15) is 0 Å². The van der Waals surface area contributed by atoms with Crippen molar-refractivity contribution < 1.29 is 33.4 Å². The molecule has 5 rings (SSSR count). The van der Waals surface area contributed by atoms with Gasteiger partial charge in [-0.3, -0.25) is 0 Å². The summed E-state index contributed by atoms with van der Waals surface area (Å²) < 4.78 is 17.5. The Hall–Kier alpha value is -3.16. The summed E-state index contributed by atoms with van der Waals surface area (Å²) >= 11 is 0. The Morgan fingerprint density at radius 2 is 1.69 bits per heavy atom. The molecule has 7 heteroatoms. The number of ether oxygens (including phenoxy) is 3. The number of fused-ring (bicyclic) bond motifs is 2. The minimum atomic E-state index is -1.61. The highest BCUT2D eigenvalue weighted by molar-refractivity contribution is 5.81. The number of benzene rings is 2. The summed E-state index contributed by atoms with van der Waals surface area (Å²) in [6.45, 7) is 2.78. The van der Waals surface area contributed by atoms with Gasteiger partial charge in [0, 0.05) is 24.3 Å². The number of likely N-dealkylation sites (N-methyl/N-ethyl adjacent to an activating group) is 1. The van der Waals surface area contributed by atoms with E-state index in [1.54, 1.807) is 6.92 Å². The van der Waals surface area contributed by atoms with Crippen molar-refractivity contribution in [3.63, 3.8) is 0 Å². The molecule has 2 bridgehead atoms. The molecule has 1 N–H and O–H groups in total. The highest BCUT2D eigenvalue weighted by Gasteiger charge is 2.52. The van der Waals surface area contributed by atoms with Crippen LogP contribution in [0.3, 0.4) is 0 Å². The molecule has 2 aliphatic heterocycles. The van der Waals surface area contributed by atoms with Gasteiger partial charge in [-0.25, -0.2) is 9.59 Å². The van der Waals surface area contributed by atoms with E-state index in [4.69, 9.17) is 14.2 Å². The van der Waals surface area contributed by atoms with Crippen LogP contribution in [0.15, 0.2) is 66.7 Å². The summed E-state index contributed by atoms with van der Waals surface area (Å²) in [6, 6.07) is 17.6. The Kier molecular flexibility index (Phi) is 8.10. The summed E-state index contributed by atoms with van der Waals surface area (Å²) in [4.78, 5) is 25.3. The Morgan fingerprint density at radius 1 is 1.00 bits per heavy atom. The van der Waals surface area contributed by atoms with Crippen molar-refractivity contribution in [1.29, 1.82) is 0 Å². The summed E-state index contributed by atoms with van der Waals surface area (Å²) in [5.74, 6) is -0.367. The summed E-state index contributed by atoms with van der Waals surface area (Å²) in [6.07, 6.45) is 9.38. The molecule has 0 amide bonds. The van der Waals surface area contributed by atoms with Crippen molar-refractivity contribution >= 4 is 11.9 Å². The van der Waals surface area contributed by atoms with E-state index >= 15 is 0 Å². The molecule has 2 aromatic carbocycles. The number of carbonyl (C=O) groups is 2. The fourth-order valence-electron chi connectivity index (χ4n) is 6.77. The highest BCUT2D eigenvalue weighted by Crippen LogP contribution is 2.44. The van der Waals surface area contributed by atoms with Crippen molar-refractivity contribution in [2.45, 2.75) is 75.8 Å². The van der Waals surface area contributed by atoms with E-state index in [9.17, 15) is 14.7 Å². The molecular formula is C32H40NO6+. The van der Waals surface area contributed by atoms with Gasteiger partial charge in [0.15, 0.2) is 12.2 Å². The van der Waals surface area contributed by atoms with Crippen molar-refractivity contribution in [3.05, 3.63) is 77.9 Å². The SMILES string of the molecule is CCOC(=O)COc1cccc(C[N+]2(C)[C@@H]3C=C[C@H]2CC(OC(=O)C(O)(c2ccccc2)C2CCCC2)C3)c1. The van der Waals surface area contributed by atoms with Crippen LogP contribution in [0.5, 0.6) is 5.75 Å². The van der Waals surface area contributed by atoms with Crippen LogP contribution >= 0.6 is 0 Å².